The lowest BCUT2D eigenvalue weighted by atomic mass is 9.92. The van der Waals surface area contributed by atoms with E-state index in [-0.39, 0.29) is 5.91 Å². The molecule has 0 fully saturated rings. The second-order valence-corrected chi connectivity index (χ2v) is 5.20. The summed E-state index contributed by atoms with van der Waals surface area (Å²) in [6.45, 7) is 11.8. The Morgan fingerprint density at radius 1 is 1.29 bits per heavy atom. The molecule has 0 rings (SSSR count). The van der Waals surface area contributed by atoms with Crippen molar-refractivity contribution in [1.82, 2.24) is 10.6 Å². The molecule has 14 heavy (non-hydrogen) atoms. The second kappa shape index (κ2) is 6.02. The average molecular weight is 200 g/mol. The minimum Gasteiger partial charge on any atom is -0.355 e. The molecule has 0 aromatic heterocycles. The van der Waals surface area contributed by atoms with Crippen molar-refractivity contribution >= 4 is 5.91 Å². The average Bonchev–Trinajstić information content (AvgIpc) is 1.98. The van der Waals surface area contributed by atoms with Gasteiger partial charge in [0.15, 0.2) is 0 Å². The van der Waals surface area contributed by atoms with E-state index >= 15 is 0 Å². The van der Waals surface area contributed by atoms with E-state index in [2.05, 4.69) is 31.4 Å². The van der Waals surface area contributed by atoms with Gasteiger partial charge in [-0.3, -0.25) is 4.79 Å². The fraction of sp³-hybridized carbons (Fsp3) is 0.909. The van der Waals surface area contributed by atoms with Crippen LogP contribution in [0.1, 0.15) is 41.0 Å². The molecule has 84 valence electrons. The maximum atomic E-state index is 11.3. The van der Waals surface area contributed by atoms with E-state index in [1.807, 2.05) is 13.8 Å². The molecule has 0 radical (unpaired) electrons. The highest BCUT2D eigenvalue weighted by Gasteiger charge is 2.10. The number of nitrogens with one attached hydrogen (secondary N) is 2. The lowest BCUT2D eigenvalue weighted by molar-refractivity contribution is -0.120. The summed E-state index contributed by atoms with van der Waals surface area (Å²) >= 11 is 0. The first-order valence-electron chi connectivity index (χ1n) is 5.31. The van der Waals surface area contributed by atoms with Crippen molar-refractivity contribution in [1.29, 1.82) is 0 Å². The van der Waals surface area contributed by atoms with Gasteiger partial charge in [0, 0.05) is 12.6 Å². The molecule has 0 saturated heterocycles. The molecule has 0 unspecified atom stereocenters. The van der Waals surface area contributed by atoms with Gasteiger partial charge in [0.25, 0.3) is 0 Å². The summed E-state index contributed by atoms with van der Waals surface area (Å²) in [6.07, 6.45) is 1.01. The molecule has 0 heterocycles. The third kappa shape index (κ3) is 9.52. The molecule has 0 aromatic carbocycles. The molecule has 0 atom stereocenters. The smallest absolute Gasteiger partial charge is 0.233 e. The van der Waals surface area contributed by atoms with Crippen LogP contribution in [0.15, 0.2) is 0 Å². The quantitative estimate of drug-likeness (QED) is 0.707. The number of rotatable bonds is 5. The Bertz CT molecular complexity index is 171. The first-order chi connectivity index (χ1) is 6.31. The van der Waals surface area contributed by atoms with E-state index in [0.717, 1.165) is 13.0 Å². The zero-order valence-electron chi connectivity index (χ0n) is 10.1. The maximum absolute atomic E-state index is 11.3. The molecule has 0 bridgehead atoms. The van der Waals surface area contributed by atoms with Crippen molar-refractivity contribution in [2.45, 2.75) is 47.1 Å². The molecule has 0 spiro atoms. The molecule has 0 aromatic rings. The molecule has 0 saturated carbocycles. The summed E-state index contributed by atoms with van der Waals surface area (Å²) in [5.41, 5.74) is 0.290. The number of hydrogen-bond donors (Lipinski definition) is 2. The highest BCUT2D eigenvalue weighted by molar-refractivity contribution is 5.77. The van der Waals surface area contributed by atoms with E-state index in [0.29, 0.717) is 18.0 Å². The number of amides is 1. The zero-order valence-corrected chi connectivity index (χ0v) is 10.1. The Labute approximate surface area is 87.6 Å². The van der Waals surface area contributed by atoms with Gasteiger partial charge in [-0.1, -0.05) is 34.6 Å². The van der Waals surface area contributed by atoms with Crippen LogP contribution in [0.2, 0.25) is 0 Å². The van der Waals surface area contributed by atoms with Gasteiger partial charge in [-0.15, -0.1) is 0 Å². The first-order valence-corrected chi connectivity index (χ1v) is 5.31. The second-order valence-electron chi connectivity index (χ2n) is 5.20. The monoisotopic (exact) mass is 200 g/mol. The number of carbonyl (C=O) groups is 1. The Morgan fingerprint density at radius 3 is 2.29 bits per heavy atom. The molecule has 3 heteroatoms. The van der Waals surface area contributed by atoms with Gasteiger partial charge in [0.2, 0.25) is 5.91 Å². The van der Waals surface area contributed by atoms with Crippen LogP contribution >= 0.6 is 0 Å². The fourth-order valence-electron chi connectivity index (χ4n) is 0.936. The van der Waals surface area contributed by atoms with Crippen LogP contribution in [0.4, 0.5) is 0 Å². The summed E-state index contributed by atoms with van der Waals surface area (Å²) < 4.78 is 0. The molecule has 3 nitrogen and oxygen atoms in total. The van der Waals surface area contributed by atoms with Gasteiger partial charge in [-0.05, 0) is 11.8 Å². The molecule has 2 N–H and O–H groups in total. The van der Waals surface area contributed by atoms with Gasteiger partial charge in [0.05, 0.1) is 6.54 Å². The van der Waals surface area contributed by atoms with E-state index in [1.165, 1.54) is 0 Å². The Kier molecular flexibility index (Phi) is 5.77. The Morgan fingerprint density at radius 2 is 1.86 bits per heavy atom. The predicted octanol–water partition coefficient (Wildman–Crippen LogP) is 1.54. The van der Waals surface area contributed by atoms with Gasteiger partial charge in [0.1, 0.15) is 0 Å². The van der Waals surface area contributed by atoms with Crippen molar-refractivity contribution in [3.05, 3.63) is 0 Å². The van der Waals surface area contributed by atoms with Crippen LogP contribution in [0.3, 0.4) is 0 Å². The summed E-state index contributed by atoms with van der Waals surface area (Å²) in [6, 6.07) is 0.364. The predicted molar refractivity (Wildman–Crippen MR) is 60.2 cm³/mol. The highest BCUT2D eigenvalue weighted by atomic mass is 16.1. The van der Waals surface area contributed by atoms with Crippen molar-refractivity contribution in [3.63, 3.8) is 0 Å². The van der Waals surface area contributed by atoms with Crippen LogP contribution in [-0.2, 0) is 4.79 Å². The molecular formula is C11H24N2O. The van der Waals surface area contributed by atoms with E-state index in [4.69, 9.17) is 0 Å². The summed E-state index contributed by atoms with van der Waals surface area (Å²) in [7, 11) is 0. The number of carbonyl (C=O) groups excluding carboxylic acids is 1. The summed E-state index contributed by atoms with van der Waals surface area (Å²) in [5.74, 6) is 0.0861. The van der Waals surface area contributed by atoms with Gasteiger partial charge in [-0.25, -0.2) is 0 Å². The zero-order chi connectivity index (χ0) is 11.2. The van der Waals surface area contributed by atoms with Gasteiger partial charge < -0.3 is 10.6 Å². The van der Waals surface area contributed by atoms with Crippen molar-refractivity contribution in [3.8, 4) is 0 Å². The minimum absolute atomic E-state index is 0.0861. The third-order valence-electron chi connectivity index (χ3n) is 1.87. The third-order valence-corrected chi connectivity index (χ3v) is 1.87. The molecular weight excluding hydrogens is 176 g/mol. The van der Waals surface area contributed by atoms with Crippen LogP contribution in [-0.4, -0.2) is 25.0 Å². The standard InChI is InChI=1S/C11H24N2O/c1-9(2)13-8-10(14)12-7-6-11(3,4)5/h9,13H,6-8H2,1-5H3,(H,12,14). The van der Waals surface area contributed by atoms with Crippen LogP contribution < -0.4 is 10.6 Å². The summed E-state index contributed by atoms with van der Waals surface area (Å²) in [5, 5.41) is 5.97. The van der Waals surface area contributed by atoms with Crippen LogP contribution in [0.5, 0.6) is 0 Å². The van der Waals surface area contributed by atoms with Crippen LogP contribution in [0.25, 0.3) is 0 Å². The fourth-order valence-corrected chi connectivity index (χ4v) is 0.936. The van der Waals surface area contributed by atoms with Crippen molar-refractivity contribution in [2.24, 2.45) is 5.41 Å². The van der Waals surface area contributed by atoms with E-state index in [9.17, 15) is 4.79 Å². The highest BCUT2D eigenvalue weighted by Crippen LogP contribution is 2.16. The topological polar surface area (TPSA) is 41.1 Å². The molecule has 0 aliphatic heterocycles. The first kappa shape index (κ1) is 13.4. The normalized spacial score (nSPS) is 11.9. The number of hydrogen-bond acceptors (Lipinski definition) is 2. The Hall–Kier alpha value is -0.570. The van der Waals surface area contributed by atoms with Crippen molar-refractivity contribution in [2.75, 3.05) is 13.1 Å². The summed E-state index contributed by atoms with van der Waals surface area (Å²) in [4.78, 5) is 11.3. The van der Waals surface area contributed by atoms with Gasteiger partial charge >= 0.3 is 0 Å². The molecule has 0 aliphatic rings. The maximum Gasteiger partial charge on any atom is 0.233 e. The largest absolute Gasteiger partial charge is 0.355 e. The lowest BCUT2D eigenvalue weighted by Crippen LogP contribution is -2.37. The SMILES string of the molecule is CC(C)NCC(=O)NCCC(C)(C)C. The molecule has 0 aliphatic carbocycles. The van der Waals surface area contributed by atoms with Crippen molar-refractivity contribution < 1.29 is 4.79 Å². The minimum atomic E-state index is 0.0861. The Balaban J connectivity index is 3.46. The van der Waals surface area contributed by atoms with Gasteiger partial charge in [-0.2, -0.15) is 0 Å². The lowest BCUT2D eigenvalue weighted by Gasteiger charge is -2.18. The van der Waals surface area contributed by atoms with E-state index in [1.54, 1.807) is 0 Å². The molecule has 1 amide bonds. The van der Waals surface area contributed by atoms with E-state index < -0.39 is 0 Å². The van der Waals surface area contributed by atoms with Crippen LogP contribution in [0, 0.1) is 5.41 Å².